The average Bonchev–Trinajstić information content (AvgIpc) is 3.18. The summed E-state index contributed by atoms with van der Waals surface area (Å²) in [5, 5.41) is 3.95. The second kappa shape index (κ2) is 14.3. The zero-order valence-electron chi connectivity index (χ0n) is 26.0. The lowest BCUT2D eigenvalue weighted by Gasteiger charge is -2.41. The second-order valence-corrected chi connectivity index (χ2v) is 11.5. The number of allylic oxidation sites excluding steroid dienone is 5. The average molecular weight is 634 g/mol. The summed E-state index contributed by atoms with van der Waals surface area (Å²) in [6.07, 6.45) is 11.9. The first-order chi connectivity index (χ1) is 20.2. The molecule has 242 valence electrons. The molecule has 1 aromatic carbocycles. The number of ether oxygens (including phenoxy) is 1. The molecule has 0 radical (unpaired) electrons. The van der Waals surface area contributed by atoms with Crippen molar-refractivity contribution in [1.29, 1.82) is 0 Å². The van der Waals surface area contributed by atoms with E-state index >= 15 is 0 Å². The van der Waals surface area contributed by atoms with E-state index < -0.39 is 16.3 Å². The van der Waals surface area contributed by atoms with Gasteiger partial charge in [-0.1, -0.05) is 52.3 Å². The third-order valence-electron chi connectivity index (χ3n) is 6.33. The molecule has 43 heavy (non-hydrogen) atoms. The number of amidine groups is 1. The van der Waals surface area contributed by atoms with E-state index in [1.165, 1.54) is 13.0 Å². The highest BCUT2D eigenvalue weighted by Gasteiger charge is 2.67. The van der Waals surface area contributed by atoms with E-state index in [9.17, 15) is 19.4 Å². The highest BCUT2D eigenvalue weighted by Crippen LogP contribution is 2.99. The Hall–Kier alpha value is -3.48. The van der Waals surface area contributed by atoms with Crippen LogP contribution in [-0.2, 0) is 4.18 Å². The van der Waals surface area contributed by atoms with Gasteiger partial charge in [0.05, 0.1) is 19.1 Å². The summed E-state index contributed by atoms with van der Waals surface area (Å²) >= 11 is 0. The smallest absolute Gasteiger partial charge is 0.435 e. The van der Waals surface area contributed by atoms with Gasteiger partial charge in [0.25, 0.3) is 0 Å². The molecule has 0 unspecified atom stereocenters. The fraction of sp³-hybridized carbons (Fsp3) is 0.467. The first-order valence-electron chi connectivity index (χ1n) is 14.3. The van der Waals surface area contributed by atoms with Crippen LogP contribution in [0.15, 0.2) is 69.6 Å². The van der Waals surface area contributed by atoms with Crippen LogP contribution in [0.2, 0.25) is 0 Å². The van der Waals surface area contributed by atoms with Gasteiger partial charge in [-0.05, 0) is 74.6 Å². The zero-order valence-corrected chi connectivity index (χ0v) is 26.8. The van der Waals surface area contributed by atoms with Gasteiger partial charge in [-0.25, -0.2) is 0 Å². The Balaban J connectivity index is 0.00000316. The number of fused-ring (bicyclic) bond motifs is 1. The molecular formula is C30H44F5N5O2S. The number of benzene rings is 1. The molecule has 1 saturated heterocycles. The lowest BCUT2D eigenvalue weighted by Crippen LogP contribution is -2.48. The molecule has 7 nitrogen and oxygen atoms in total. The minimum absolute atomic E-state index is 0.335. The van der Waals surface area contributed by atoms with E-state index in [2.05, 4.69) is 15.3 Å². The second-order valence-electron chi connectivity index (χ2n) is 9.55. The first-order valence-corrected chi connectivity index (χ1v) is 16.2. The molecule has 0 N–H and O–H groups in total. The highest BCUT2D eigenvalue weighted by molar-refractivity contribution is 8.42. The van der Waals surface area contributed by atoms with Crippen LogP contribution in [0.4, 0.5) is 25.1 Å². The van der Waals surface area contributed by atoms with Crippen LogP contribution >= 0.6 is 10.5 Å². The first kappa shape index (κ1) is 35.7. The van der Waals surface area contributed by atoms with Crippen molar-refractivity contribution >= 4 is 34.4 Å². The number of anilines is 1. The Morgan fingerprint density at radius 3 is 2.44 bits per heavy atom. The van der Waals surface area contributed by atoms with Gasteiger partial charge < -0.3 is 13.8 Å². The predicted octanol–water partition coefficient (Wildman–Crippen LogP) is 9.65. The zero-order chi connectivity index (χ0) is 32.3. The number of piperidine rings is 1. The molecule has 2 aliphatic heterocycles. The largest absolute Gasteiger partial charge is 0.495 e. The van der Waals surface area contributed by atoms with E-state index in [0.717, 1.165) is 41.6 Å². The number of methoxy groups -OCH3 is 1. The Morgan fingerprint density at radius 2 is 1.84 bits per heavy atom. The van der Waals surface area contributed by atoms with Gasteiger partial charge in [0.1, 0.15) is 17.3 Å². The summed E-state index contributed by atoms with van der Waals surface area (Å²) in [7, 11) is -6.74. The third kappa shape index (κ3) is 10.9. The van der Waals surface area contributed by atoms with Crippen LogP contribution in [0.3, 0.4) is 0 Å². The van der Waals surface area contributed by atoms with Crippen molar-refractivity contribution in [3.63, 3.8) is 0 Å². The predicted molar refractivity (Wildman–Crippen MR) is 170 cm³/mol. The Bertz CT molecular complexity index is 1280. The van der Waals surface area contributed by atoms with Gasteiger partial charge >= 0.3 is 10.5 Å². The molecule has 0 bridgehead atoms. The van der Waals surface area contributed by atoms with Gasteiger partial charge in [0.15, 0.2) is 0 Å². The fourth-order valence-electron chi connectivity index (χ4n) is 4.62. The van der Waals surface area contributed by atoms with E-state index in [1.54, 1.807) is 27.4 Å². The minimum Gasteiger partial charge on any atom is -0.495 e. The topological polar surface area (TPSA) is 52.9 Å². The maximum atomic E-state index is 12.9. The maximum absolute atomic E-state index is 12.9. The molecule has 13 heteroatoms. The van der Waals surface area contributed by atoms with Crippen molar-refractivity contribution < 1.29 is 28.3 Å². The summed E-state index contributed by atoms with van der Waals surface area (Å²) in [5.74, 6) is 0.601. The molecule has 0 saturated carbocycles. The summed E-state index contributed by atoms with van der Waals surface area (Å²) in [4.78, 5) is 10.8. The van der Waals surface area contributed by atoms with Gasteiger partial charge in [0.2, 0.25) is 0 Å². The van der Waals surface area contributed by atoms with Crippen LogP contribution in [0.5, 0.6) is 5.75 Å². The number of rotatable bonds is 10. The van der Waals surface area contributed by atoms with Crippen molar-refractivity contribution in [3.8, 4) is 5.75 Å². The molecule has 1 fully saturated rings. The van der Waals surface area contributed by atoms with Crippen LogP contribution in [0, 0.1) is 0 Å². The molecule has 2 heterocycles. The molecule has 0 atom stereocenters. The Kier molecular flexibility index (Phi) is 11.9. The summed E-state index contributed by atoms with van der Waals surface area (Å²) in [6, 6.07) is 5.88. The van der Waals surface area contributed by atoms with Crippen molar-refractivity contribution in [1.82, 2.24) is 10.0 Å². The molecule has 0 amide bonds. The Labute approximate surface area is 252 Å². The minimum atomic E-state index is -10.0. The lowest BCUT2D eigenvalue weighted by atomic mass is 10.0. The third-order valence-corrected chi connectivity index (χ3v) is 6.86. The van der Waals surface area contributed by atoms with Gasteiger partial charge in [-0.15, -0.1) is 0 Å². The fourth-order valence-corrected chi connectivity index (χ4v) is 5.20. The van der Waals surface area contributed by atoms with Crippen LogP contribution in [0.1, 0.15) is 65.9 Å². The van der Waals surface area contributed by atoms with E-state index in [1.807, 2.05) is 66.2 Å². The monoisotopic (exact) mass is 633 g/mol. The number of aliphatic imine (C=N–C) groups is 2. The molecule has 0 aromatic heterocycles. The van der Waals surface area contributed by atoms with Gasteiger partial charge in [-0.2, -0.15) is 0 Å². The standard InChI is InChI=1S/C28H38F5N5O2S.C2H6/c1-6-16-36(21-34-4)26-14-12-23(20-27(26)39-5)19-24-10-8-17-38-28(24)35-15-9-18-37(38)22(3)11-13-25(7-2)40-41(29,30,31,32)33;1-2/h6,11-14,16,19-21H,7-10,15,17-18H2,1-5H3;1-2H3/b16-6+,22-11+,24-19+,25-13+,34-21?;. The quantitative estimate of drug-likeness (QED) is 0.0844. The van der Waals surface area contributed by atoms with Crippen LogP contribution < -0.4 is 9.64 Å². The summed E-state index contributed by atoms with van der Waals surface area (Å²) < 4.78 is 73.3. The molecule has 0 spiro atoms. The normalized spacial score (nSPS) is 19.3. The Morgan fingerprint density at radius 1 is 1.12 bits per heavy atom. The van der Waals surface area contributed by atoms with Crippen molar-refractivity contribution in [2.24, 2.45) is 9.98 Å². The van der Waals surface area contributed by atoms with Crippen molar-refractivity contribution in [2.45, 2.75) is 60.3 Å². The molecular weight excluding hydrogens is 589 g/mol. The van der Waals surface area contributed by atoms with E-state index in [4.69, 9.17) is 9.73 Å². The van der Waals surface area contributed by atoms with Gasteiger partial charge in [0, 0.05) is 45.0 Å². The van der Waals surface area contributed by atoms with Crippen molar-refractivity contribution in [2.75, 3.05) is 38.7 Å². The summed E-state index contributed by atoms with van der Waals surface area (Å²) in [5.41, 5.74) is 3.35. The van der Waals surface area contributed by atoms with Gasteiger partial charge in [-0.3, -0.25) is 20.0 Å². The van der Waals surface area contributed by atoms with Crippen LogP contribution in [0.25, 0.3) is 6.08 Å². The lowest BCUT2D eigenvalue weighted by molar-refractivity contribution is 0.0839. The summed E-state index contributed by atoms with van der Waals surface area (Å²) in [6.45, 7) is 10.8. The van der Waals surface area contributed by atoms with E-state index in [-0.39, 0.29) is 6.42 Å². The molecule has 1 aromatic rings. The molecule has 2 aliphatic rings. The number of nitrogens with zero attached hydrogens (tertiary/aromatic N) is 5. The SMILES string of the molecule is C/C=C/N(C=NC)c1ccc(/C=C2\CCCN3C2=NCCCN3/C(C)=C/C=C(\CC)OS(F)(F)(F)(F)F)cc1OC.CC. The maximum Gasteiger partial charge on any atom is 0.435 e. The number of halogens is 5. The number of hydrogen-bond acceptors (Lipinski definition) is 6. The number of hydrogen-bond donors (Lipinski definition) is 0. The molecule has 3 rings (SSSR count). The highest BCUT2D eigenvalue weighted by atomic mass is 32.5. The number of hydrazine groups is 1. The van der Waals surface area contributed by atoms with Crippen LogP contribution in [-0.4, -0.2) is 56.0 Å². The van der Waals surface area contributed by atoms with Crippen molar-refractivity contribution in [3.05, 3.63) is 65.2 Å². The van der Waals surface area contributed by atoms with E-state index in [0.29, 0.717) is 37.5 Å². The molecule has 0 aliphatic carbocycles.